The molecule has 1 spiro atoms. The average molecular weight is 232 g/mol. The third-order valence-corrected chi connectivity index (χ3v) is 3.62. The molecule has 0 bridgehead atoms. The molecule has 3 rings (SSSR count). The second kappa shape index (κ2) is 3.84. The van der Waals surface area contributed by atoms with Crippen LogP contribution in [0.3, 0.4) is 0 Å². The van der Waals surface area contributed by atoms with E-state index in [1.807, 2.05) is 31.2 Å². The molecular weight excluding hydrogens is 216 g/mol. The summed E-state index contributed by atoms with van der Waals surface area (Å²) >= 11 is 0. The molecule has 0 saturated carbocycles. The first kappa shape index (κ1) is 10.8. The number of hydrogen-bond acceptors (Lipinski definition) is 3. The van der Waals surface area contributed by atoms with Crippen molar-refractivity contribution in [3.63, 3.8) is 0 Å². The lowest BCUT2D eigenvalue weighted by molar-refractivity contribution is -0.0849. The quantitative estimate of drug-likeness (QED) is 0.689. The fraction of sp³-hybridized carbons (Fsp3) is 0.500. The molecule has 0 aliphatic carbocycles. The number of hydrogen-bond donors (Lipinski definition) is 0. The van der Waals surface area contributed by atoms with Gasteiger partial charge < -0.3 is 9.47 Å². The van der Waals surface area contributed by atoms with Crippen LogP contribution in [-0.4, -0.2) is 24.1 Å². The van der Waals surface area contributed by atoms with E-state index in [2.05, 4.69) is 0 Å². The molecule has 90 valence electrons. The molecule has 3 heteroatoms. The summed E-state index contributed by atoms with van der Waals surface area (Å²) in [6.07, 6.45) is 2.25. The van der Waals surface area contributed by atoms with Crippen molar-refractivity contribution in [2.75, 3.05) is 6.61 Å². The van der Waals surface area contributed by atoms with Crippen LogP contribution < -0.4 is 4.74 Å². The number of carbonyl (C=O) groups is 1. The van der Waals surface area contributed by atoms with Crippen LogP contribution >= 0.6 is 0 Å². The number of rotatable bonds is 0. The first-order chi connectivity index (χ1) is 8.19. The summed E-state index contributed by atoms with van der Waals surface area (Å²) < 4.78 is 11.6. The van der Waals surface area contributed by atoms with Crippen molar-refractivity contribution in [2.45, 2.75) is 37.9 Å². The van der Waals surface area contributed by atoms with Crippen LogP contribution in [0.25, 0.3) is 0 Å². The van der Waals surface area contributed by atoms with Crippen LogP contribution in [0.4, 0.5) is 0 Å². The maximum atomic E-state index is 12.1. The Morgan fingerprint density at radius 1 is 1.35 bits per heavy atom. The molecule has 1 aromatic rings. The number of fused-ring (bicyclic) bond motifs is 1. The second-order valence-electron chi connectivity index (χ2n) is 5.02. The van der Waals surface area contributed by atoms with Crippen molar-refractivity contribution in [3.8, 4) is 5.75 Å². The Bertz CT molecular complexity index is 455. The van der Waals surface area contributed by atoms with Gasteiger partial charge >= 0.3 is 0 Å². The minimum atomic E-state index is -0.330. The maximum Gasteiger partial charge on any atom is 0.170 e. The van der Waals surface area contributed by atoms with Gasteiger partial charge in [0.05, 0.1) is 24.7 Å². The molecule has 0 amide bonds. The lowest BCUT2D eigenvalue weighted by atomic mass is 9.82. The largest absolute Gasteiger partial charge is 0.486 e. The molecule has 3 nitrogen and oxygen atoms in total. The normalized spacial score (nSPS) is 32.1. The molecular formula is C14H16O3. The van der Waals surface area contributed by atoms with Crippen molar-refractivity contribution in [3.05, 3.63) is 29.8 Å². The topological polar surface area (TPSA) is 35.5 Å². The van der Waals surface area contributed by atoms with E-state index in [9.17, 15) is 4.79 Å². The van der Waals surface area contributed by atoms with Gasteiger partial charge in [0.2, 0.25) is 0 Å². The molecule has 0 N–H and O–H groups in total. The number of ether oxygens (including phenoxy) is 2. The van der Waals surface area contributed by atoms with Gasteiger partial charge in [0, 0.05) is 12.8 Å². The van der Waals surface area contributed by atoms with Crippen LogP contribution in [0.15, 0.2) is 24.3 Å². The summed E-state index contributed by atoms with van der Waals surface area (Å²) in [5.74, 6) is 0.929. The summed E-state index contributed by atoms with van der Waals surface area (Å²) in [6.45, 7) is 2.71. The zero-order valence-corrected chi connectivity index (χ0v) is 9.94. The molecule has 0 aromatic heterocycles. The first-order valence-corrected chi connectivity index (χ1v) is 6.11. The van der Waals surface area contributed by atoms with Gasteiger partial charge in [-0.25, -0.2) is 0 Å². The summed E-state index contributed by atoms with van der Waals surface area (Å²) in [5.41, 5.74) is 0.389. The van der Waals surface area contributed by atoms with Crippen molar-refractivity contribution in [1.82, 2.24) is 0 Å². The zero-order chi connectivity index (χ0) is 11.9. The lowest BCUT2D eigenvalue weighted by Gasteiger charge is -2.42. The van der Waals surface area contributed by atoms with Crippen molar-refractivity contribution >= 4 is 5.78 Å². The predicted octanol–water partition coefficient (Wildman–Crippen LogP) is 2.59. The molecule has 1 saturated heterocycles. The highest BCUT2D eigenvalue weighted by molar-refractivity contribution is 6.00. The van der Waals surface area contributed by atoms with E-state index in [-0.39, 0.29) is 17.5 Å². The van der Waals surface area contributed by atoms with E-state index in [0.29, 0.717) is 13.0 Å². The van der Waals surface area contributed by atoms with Crippen LogP contribution in [-0.2, 0) is 4.74 Å². The van der Waals surface area contributed by atoms with Crippen LogP contribution in [0.1, 0.15) is 36.5 Å². The summed E-state index contributed by atoms with van der Waals surface area (Å²) in [5, 5.41) is 0. The highest BCUT2D eigenvalue weighted by Crippen LogP contribution is 2.40. The SMILES string of the molecule is CC1CC2(CCO1)CC(=O)c1ccccc1O2. The van der Waals surface area contributed by atoms with E-state index in [1.54, 1.807) is 0 Å². The monoisotopic (exact) mass is 232 g/mol. The maximum absolute atomic E-state index is 12.1. The van der Waals surface area contributed by atoms with Gasteiger partial charge in [-0.3, -0.25) is 4.79 Å². The van der Waals surface area contributed by atoms with Gasteiger partial charge in [-0.05, 0) is 19.1 Å². The molecule has 1 fully saturated rings. The van der Waals surface area contributed by atoms with Gasteiger partial charge in [0.15, 0.2) is 5.78 Å². The molecule has 1 aromatic carbocycles. The predicted molar refractivity (Wildman–Crippen MR) is 63.4 cm³/mol. The number of carbonyl (C=O) groups excluding carboxylic acids is 1. The highest BCUT2D eigenvalue weighted by Gasteiger charge is 2.43. The Labute approximate surface area is 101 Å². The molecule has 2 unspecified atom stereocenters. The summed E-state index contributed by atoms with van der Waals surface area (Å²) in [4.78, 5) is 12.1. The van der Waals surface area contributed by atoms with E-state index in [1.165, 1.54) is 0 Å². The van der Waals surface area contributed by atoms with E-state index >= 15 is 0 Å². The first-order valence-electron chi connectivity index (χ1n) is 6.11. The van der Waals surface area contributed by atoms with Gasteiger partial charge in [0.1, 0.15) is 11.4 Å². The van der Waals surface area contributed by atoms with Crippen LogP contribution in [0.2, 0.25) is 0 Å². The minimum absolute atomic E-state index is 0.168. The Balaban J connectivity index is 1.95. The molecule has 2 atom stereocenters. The molecule has 2 aliphatic heterocycles. The Morgan fingerprint density at radius 3 is 3.00 bits per heavy atom. The third kappa shape index (κ3) is 1.84. The molecule has 0 radical (unpaired) electrons. The van der Waals surface area contributed by atoms with Crippen molar-refractivity contribution in [1.29, 1.82) is 0 Å². The Kier molecular flexibility index (Phi) is 2.44. The number of ketones is 1. The Morgan fingerprint density at radius 2 is 2.18 bits per heavy atom. The summed E-state index contributed by atoms with van der Waals surface area (Å²) in [7, 11) is 0. The standard InChI is InChI=1S/C14H16O3/c1-10-8-14(6-7-16-10)9-12(15)11-4-2-3-5-13(11)17-14/h2-5,10H,6-9H2,1H3. The molecule has 2 heterocycles. The minimum Gasteiger partial charge on any atom is -0.486 e. The summed E-state index contributed by atoms with van der Waals surface area (Å²) in [6, 6.07) is 7.51. The lowest BCUT2D eigenvalue weighted by Crippen LogP contribution is -2.48. The van der Waals surface area contributed by atoms with E-state index in [0.717, 1.165) is 24.2 Å². The fourth-order valence-electron chi connectivity index (χ4n) is 2.83. The molecule has 17 heavy (non-hydrogen) atoms. The number of para-hydroxylation sites is 1. The third-order valence-electron chi connectivity index (χ3n) is 3.62. The number of Topliss-reactive ketones (excluding diaryl/α,β-unsaturated/α-hetero) is 1. The van der Waals surface area contributed by atoms with E-state index in [4.69, 9.17) is 9.47 Å². The highest BCUT2D eigenvalue weighted by atomic mass is 16.5. The van der Waals surface area contributed by atoms with Gasteiger partial charge in [-0.15, -0.1) is 0 Å². The van der Waals surface area contributed by atoms with Crippen molar-refractivity contribution in [2.24, 2.45) is 0 Å². The Hall–Kier alpha value is -1.35. The van der Waals surface area contributed by atoms with Crippen LogP contribution in [0, 0.1) is 0 Å². The van der Waals surface area contributed by atoms with Gasteiger partial charge in [0.25, 0.3) is 0 Å². The van der Waals surface area contributed by atoms with Gasteiger partial charge in [-0.2, -0.15) is 0 Å². The fourth-order valence-corrected chi connectivity index (χ4v) is 2.83. The average Bonchev–Trinajstić information content (AvgIpc) is 2.28. The van der Waals surface area contributed by atoms with Crippen LogP contribution in [0.5, 0.6) is 5.75 Å². The van der Waals surface area contributed by atoms with E-state index < -0.39 is 0 Å². The second-order valence-corrected chi connectivity index (χ2v) is 5.02. The smallest absolute Gasteiger partial charge is 0.170 e. The zero-order valence-electron chi connectivity index (χ0n) is 9.94. The van der Waals surface area contributed by atoms with Crippen molar-refractivity contribution < 1.29 is 14.3 Å². The van der Waals surface area contributed by atoms with Gasteiger partial charge in [-0.1, -0.05) is 12.1 Å². The number of benzene rings is 1. The molecule has 2 aliphatic rings.